The molecule has 3 heteroatoms. The first-order chi connectivity index (χ1) is 5.40. The Kier molecular flexibility index (Phi) is 1.66. The monoisotopic (exact) mass is 167 g/mol. The average Bonchev–Trinajstić information content (AvgIpc) is 2.50. The van der Waals surface area contributed by atoms with Crippen molar-refractivity contribution in [3.05, 3.63) is 21.9 Å². The minimum atomic E-state index is 0.843. The van der Waals surface area contributed by atoms with Gasteiger partial charge in [0.25, 0.3) is 0 Å². The molecule has 1 aromatic rings. The minimum absolute atomic E-state index is 0.843. The number of nitrogens with zero attached hydrogens (tertiary/aromatic N) is 1. The van der Waals surface area contributed by atoms with Crippen LogP contribution < -0.4 is 0 Å². The molecule has 1 N–H and O–H groups in total. The van der Waals surface area contributed by atoms with Gasteiger partial charge in [-0.3, -0.25) is 0 Å². The van der Waals surface area contributed by atoms with Gasteiger partial charge in [-0.05, 0) is 34.7 Å². The van der Waals surface area contributed by atoms with Crippen molar-refractivity contribution in [2.75, 3.05) is 0 Å². The molecule has 0 atom stereocenters. The Morgan fingerprint density at radius 2 is 2.09 bits per heavy atom. The summed E-state index contributed by atoms with van der Waals surface area (Å²) in [6.07, 6.45) is 2.80. The Hall–Kier alpha value is -0.830. The first kappa shape index (κ1) is 6.85. The van der Waals surface area contributed by atoms with Crippen LogP contribution in [0.2, 0.25) is 0 Å². The van der Waals surface area contributed by atoms with Gasteiger partial charge in [0.15, 0.2) is 0 Å². The smallest absolute Gasteiger partial charge is 0.0618 e. The van der Waals surface area contributed by atoms with E-state index >= 15 is 0 Å². The molecule has 0 aliphatic heterocycles. The van der Waals surface area contributed by atoms with Crippen LogP contribution in [0.1, 0.15) is 17.5 Å². The Bertz CT molecular complexity index is 290. The van der Waals surface area contributed by atoms with Gasteiger partial charge < -0.3 is 5.21 Å². The quantitative estimate of drug-likeness (QED) is 0.465. The van der Waals surface area contributed by atoms with Gasteiger partial charge in [-0.2, -0.15) is 11.3 Å². The molecule has 0 fully saturated rings. The first-order valence-electron chi connectivity index (χ1n) is 3.64. The van der Waals surface area contributed by atoms with E-state index in [9.17, 15) is 0 Å². The first-order valence-corrected chi connectivity index (χ1v) is 4.58. The van der Waals surface area contributed by atoms with Gasteiger partial charge in [-0.15, -0.1) is 0 Å². The lowest BCUT2D eigenvalue weighted by atomic mass is 9.94. The molecular weight excluding hydrogens is 158 g/mol. The predicted molar refractivity (Wildman–Crippen MR) is 45.6 cm³/mol. The van der Waals surface area contributed by atoms with E-state index in [-0.39, 0.29) is 0 Å². The predicted octanol–water partition coefficient (Wildman–Crippen LogP) is 2.07. The highest BCUT2D eigenvalue weighted by molar-refractivity contribution is 7.08. The number of fused-ring (bicyclic) bond motifs is 1. The number of aryl methyl sites for hydroxylation is 1. The molecule has 1 aliphatic carbocycles. The summed E-state index contributed by atoms with van der Waals surface area (Å²) in [4.78, 5) is 0. The van der Waals surface area contributed by atoms with Crippen LogP contribution in [0.3, 0.4) is 0 Å². The molecular formula is C8H9NOS. The highest BCUT2D eigenvalue weighted by Crippen LogP contribution is 2.22. The van der Waals surface area contributed by atoms with Gasteiger partial charge in [0.2, 0.25) is 0 Å². The maximum atomic E-state index is 8.55. The van der Waals surface area contributed by atoms with E-state index in [0.29, 0.717) is 0 Å². The van der Waals surface area contributed by atoms with Crippen molar-refractivity contribution < 1.29 is 5.21 Å². The standard InChI is InChI=1S/C8H9NOS/c10-9-8-2-1-6-4-11-5-7(6)3-8/h4-5,10H,1-3H2. The van der Waals surface area contributed by atoms with Crippen LogP contribution in [-0.4, -0.2) is 10.9 Å². The molecule has 2 rings (SSSR count). The van der Waals surface area contributed by atoms with Crippen molar-refractivity contribution in [3.63, 3.8) is 0 Å². The fourth-order valence-electron chi connectivity index (χ4n) is 1.40. The molecule has 0 saturated carbocycles. The van der Waals surface area contributed by atoms with Crippen molar-refractivity contribution >= 4 is 17.0 Å². The maximum Gasteiger partial charge on any atom is 0.0618 e. The van der Waals surface area contributed by atoms with E-state index in [4.69, 9.17) is 5.21 Å². The molecule has 1 aromatic heterocycles. The molecule has 0 bridgehead atoms. The van der Waals surface area contributed by atoms with Gasteiger partial charge in [0, 0.05) is 6.42 Å². The summed E-state index contributed by atoms with van der Waals surface area (Å²) in [5.41, 5.74) is 3.69. The van der Waals surface area contributed by atoms with Gasteiger partial charge in [0.05, 0.1) is 5.71 Å². The third-order valence-corrected chi connectivity index (χ3v) is 2.89. The summed E-state index contributed by atoms with van der Waals surface area (Å²) in [7, 11) is 0. The van der Waals surface area contributed by atoms with Crippen LogP contribution in [0.25, 0.3) is 0 Å². The molecule has 2 nitrogen and oxygen atoms in total. The van der Waals surface area contributed by atoms with Gasteiger partial charge in [-0.1, -0.05) is 5.16 Å². The van der Waals surface area contributed by atoms with Crippen LogP contribution in [0.4, 0.5) is 0 Å². The number of hydrogen-bond acceptors (Lipinski definition) is 3. The van der Waals surface area contributed by atoms with Crippen LogP contribution in [0.15, 0.2) is 15.9 Å². The van der Waals surface area contributed by atoms with Gasteiger partial charge >= 0.3 is 0 Å². The number of thiophene rings is 1. The average molecular weight is 167 g/mol. The van der Waals surface area contributed by atoms with Crippen molar-refractivity contribution in [2.45, 2.75) is 19.3 Å². The molecule has 11 heavy (non-hydrogen) atoms. The molecule has 1 aliphatic rings. The fourth-order valence-corrected chi connectivity index (χ4v) is 2.30. The fraction of sp³-hybridized carbons (Fsp3) is 0.375. The van der Waals surface area contributed by atoms with Crippen molar-refractivity contribution in [2.24, 2.45) is 5.16 Å². The summed E-state index contributed by atoms with van der Waals surface area (Å²) in [5.74, 6) is 0. The molecule has 58 valence electrons. The maximum absolute atomic E-state index is 8.55. The van der Waals surface area contributed by atoms with E-state index in [1.165, 1.54) is 11.1 Å². The van der Waals surface area contributed by atoms with E-state index < -0.39 is 0 Å². The van der Waals surface area contributed by atoms with E-state index in [0.717, 1.165) is 25.0 Å². The zero-order chi connectivity index (χ0) is 7.68. The summed E-state index contributed by atoms with van der Waals surface area (Å²) in [6.45, 7) is 0. The van der Waals surface area contributed by atoms with Crippen molar-refractivity contribution in [1.82, 2.24) is 0 Å². The molecule has 0 unspecified atom stereocenters. The Morgan fingerprint density at radius 3 is 2.91 bits per heavy atom. The number of rotatable bonds is 0. The second-order valence-electron chi connectivity index (χ2n) is 2.77. The molecule has 0 aromatic carbocycles. The molecule has 0 radical (unpaired) electrons. The zero-order valence-corrected chi connectivity index (χ0v) is 6.90. The summed E-state index contributed by atoms with van der Waals surface area (Å²) < 4.78 is 0. The third kappa shape index (κ3) is 1.16. The second-order valence-corrected chi connectivity index (χ2v) is 3.51. The lowest BCUT2D eigenvalue weighted by Crippen LogP contribution is -2.11. The second kappa shape index (κ2) is 2.66. The van der Waals surface area contributed by atoms with Crippen LogP contribution in [0, 0.1) is 0 Å². The van der Waals surface area contributed by atoms with Crippen molar-refractivity contribution in [1.29, 1.82) is 0 Å². The van der Waals surface area contributed by atoms with Gasteiger partial charge in [-0.25, -0.2) is 0 Å². The van der Waals surface area contributed by atoms with Crippen LogP contribution in [-0.2, 0) is 12.8 Å². The summed E-state index contributed by atoms with van der Waals surface area (Å²) in [5, 5.41) is 16.1. The summed E-state index contributed by atoms with van der Waals surface area (Å²) in [6, 6.07) is 0. The van der Waals surface area contributed by atoms with Gasteiger partial charge in [0.1, 0.15) is 0 Å². The van der Waals surface area contributed by atoms with E-state index in [1.54, 1.807) is 11.3 Å². The highest BCUT2D eigenvalue weighted by Gasteiger charge is 2.14. The van der Waals surface area contributed by atoms with Crippen LogP contribution >= 0.6 is 11.3 Å². The Labute approximate surface area is 69.2 Å². The zero-order valence-electron chi connectivity index (χ0n) is 6.08. The number of oxime groups is 1. The summed E-state index contributed by atoms with van der Waals surface area (Å²) >= 11 is 1.73. The largest absolute Gasteiger partial charge is 0.411 e. The Balaban J connectivity index is 2.31. The topological polar surface area (TPSA) is 32.6 Å². The Morgan fingerprint density at radius 1 is 1.27 bits per heavy atom. The minimum Gasteiger partial charge on any atom is -0.411 e. The molecule has 0 amide bonds. The lowest BCUT2D eigenvalue weighted by molar-refractivity contribution is 0.316. The van der Waals surface area contributed by atoms with Crippen LogP contribution in [0.5, 0.6) is 0 Å². The molecule has 1 heterocycles. The van der Waals surface area contributed by atoms with Crippen molar-refractivity contribution in [3.8, 4) is 0 Å². The van der Waals surface area contributed by atoms with E-state index in [2.05, 4.69) is 15.9 Å². The molecule has 0 spiro atoms. The molecule has 0 saturated heterocycles. The van der Waals surface area contributed by atoms with E-state index in [1.807, 2.05) is 0 Å². The number of hydrogen-bond donors (Lipinski definition) is 1. The third-order valence-electron chi connectivity index (χ3n) is 2.05. The highest BCUT2D eigenvalue weighted by atomic mass is 32.1. The normalized spacial score (nSPS) is 20.2. The SMILES string of the molecule is ON=C1CCc2cscc2C1. The lowest BCUT2D eigenvalue weighted by Gasteiger charge is -2.11.